The number of ether oxygens (including phenoxy) is 2. The summed E-state index contributed by atoms with van der Waals surface area (Å²) in [6, 6.07) is -1.08. The van der Waals surface area contributed by atoms with E-state index in [1.165, 1.54) is 32.1 Å². The Labute approximate surface area is 167 Å². The van der Waals surface area contributed by atoms with E-state index >= 15 is 0 Å². The van der Waals surface area contributed by atoms with Crippen LogP contribution < -0.4 is 5.32 Å². The molecular weight excluding hydrogens is 370 g/mol. The molecule has 0 saturated carbocycles. The van der Waals surface area contributed by atoms with E-state index in [0.717, 1.165) is 5.75 Å². The molecule has 0 aromatic carbocycles. The second-order valence-electron chi connectivity index (χ2n) is 7.25. The van der Waals surface area contributed by atoms with Gasteiger partial charge in [-0.3, -0.25) is 14.9 Å². The van der Waals surface area contributed by atoms with Crippen molar-refractivity contribution in [3.05, 3.63) is 0 Å². The molecule has 0 radical (unpaired) electrons. The first-order valence-corrected chi connectivity index (χ1v) is 12.1. The third-order valence-corrected chi connectivity index (χ3v) is 5.93. The maximum Gasteiger partial charge on any atom is 0.324 e. The maximum atomic E-state index is 12.2. The average Bonchev–Trinajstić information content (AvgIpc) is 2.54. The van der Waals surface area contributed by atoms with Crippen molar-refractivity contribution < 1.29 is 19.1 Å². The van der Waals surface area contributed by atoms with E-state index < -0.39 is 17.7 Å². The van der Waals surface area contributed by atoms with E-state index in [1.807, 2.05) is 20.8 Å². The molecule has 0 aromatic rings. The third kappa shape index (κ3) is 13.8. The molecule has 154 valence electrons. The lowest BCUT2D eigenvalue weighted by molar-refractivity contribution is -0.157. The Hall–Kier alpha value is -0.400. The summed E-state index contributed by atoms with van der Waals surface area (Å²) >= 11 is 0. The van der Waals surface area contributed by atoms with Crippen molar-refractivity contribution in [3.63, 3.8) is 0 Å². The summed E-state index contributed by atoms with van der Waals surface area (Å²) in [5, 5.41) is 3.06. The molecule has 0 spiro atoms. The van der Waals surface area contributed by atoms with Gasteiger partial charge in [0.15, 0.2) is 0 Å². The van der Waals surface area contributed by atoms with Gasteiger partial charge < -0.3 is 9.47 Å². The molecule has 0 aliphatic carbocycles. The van der Waals surface area contributed by atoms with Crippen LogP contribution in [0.4, 0.5) is 0 Å². The Morgan fingerprint density at radius 2 is 1.65 bits per heavy atom. The quantitative estimate of drug-likeness (QED) is 0.257. The minimum absolute atomic E-state index is 0.320. The molecule has 0 bridgehead atoms. The number of esters is 2. The molecule has 0 aliphatic rings. The average molecular weight is 408 g/mol. The monoisotopic (exact) mass is 407 g/mol. The van der Waals surface area contributed by atoms with Crippen molar-refractivity contribution in [2.75, 3.05) is 18.1 Å². The summed E-state index contributed by atoms with van der Waals surface area (Å²) in [4.78, 5) is 24.3. The molecule has 26 heavy (non-hydrogen) atoms. The minimum Gasteiger partial charge on any atom is -0.465 e. The van der Waals surface area contributed by atoms with Crippen LogP contribution in [0.3, 0.4) is 0 Å². The van der Waals surface area contributed by atoms with Crippen molar-refractivity contribution in [2.45, 2.75) is 91.3 Å². The number of carbonyl (C=O) groups excluding carboxylic acids is 2. The molecule has 0 rings (SSSR count). The van der Waals surface area contributed by atoms with Gasteiger partial charge in [-0.15, -0.1) is 0 Å². The zero-order valence-electron chi connectivity index (χ0n) is 17.3. The van der Waals surface area contributed by atoms with Crippen molar-refractivity contribution >= 4 is 33.5 Å². The normalized spacial score (nSPS) is 13.9. The lowest BCUT2D eigenvalue weighted by Gasteiger charge is -2.25. The highest BCUT2D eigenvalue weighted by atomic mass is 33.1. The molecule has 0 amide bonds. The highest BCUT2D eigenvalue weighted by molar-refractivity contribution is 8.76. The van der Waals surface area contributed by atoms with Crippen molar-refractivity contribution in [2.24, 2.45) is 0 Å². The first kappa shape index (κ1) is 25.6. The van der Waals surface area contributed by atoms with Gasteiger partial charge in [-0.25, -0.2) is 0 Å². The fraction of sp³-hybridized carbons (Fsp3) is 0.895. The van der Waals surface area contributed by atoms with Crippen LogP contribution in [0.5, 0.6) is 0 Å². The smallest absolute Gasteiger partial charge is 0.324 e. The molecule has 5 nitrogen and oxygen atoms in total. The van der Waals surface area contributed by atoms with Crippen LogP contribution in [0, 0.1) is 0 Å². The number of unbranched alkanes of at least 4 members (excludes halogenated alkanes) is 4. The zero-order chi connectivity index (χ0) is 20.0. The van der Waals surface area contributed by atoms with Gasteiger partial charge in [-0.05, 0) is 41.0 Å². The van der Waals surface area contributed by atoms with Crippen LogP contribution in [-0.4, -0.2) is 47.7 Å². The van der Waals surface area contributed by atoms with E-state index in [1.54, 1.807) is 35.4 Å². The molecule has 0 saturated heterocycles. The van der Waals surface area contributed by atoms with Gasteiger partial charge in [-0.1, -0.05) is 54.2 Å². The molecule has 1 unspecified atom stereocenters. The summed E-state index contributed by atoms with van der Waals surface area (Å²) in [7, 11) is 3.42. The summed E-state index contributed by atoms with van der Waals surface area (Å²) in [6.07, 6.45) is 6.31. The first-order valence-electron chi connectivity index (χ1n) is 9.61. The second kappa shape index (κ2) is 14.6. The number of carbonyl (C=O) groups is 2. The van der Waals surface area contributed by atoms with Crippen molar-refractivity contribution in [1.82, 2.24) is 5.32 Å². The Morgan fingerprint density at radius 1 is 1.00 bits per heavy atom. The highest BCUT2D eigenvalue weighted by Crippen LogP contribution is 2.24. The van der Waals surface area contributed by atoms with Gasteiger partial charge in [0.2, 0.25) is 0 Å². The van der Waals surface area contributed by atoms with E-state index in [-0.39, 0.29) is 11.9 Å². The number of hydrogen-bond acceptors (Lipinski definition) is 7. The SMILES string of the molecule is CCCCCCCSSC[C@H](NC(C)C(=O)OC(C)(C)C)C(=O)OCC. The summed E-state index contributed by atoms with van der Waals surface area (Å²) in [6.45, 7) is 11.5. The molecular formula is C19H37NO4S2. The molecule has 2 atom stereocenters. The Morgan fingerprint density at radius 3 is 2.23 bits per heavy atom. The summed E-state index contributed by atoms with van der Waals surface area (Å²) < 4.78 is 10.5. The predicted molar refractivity (Wildman–Crippen MR) is 113 cm³/mol. The van der Waals surface area contributed by atoms with Gasteiger partial charge >= 0.3 is 11.9 Å². The van der Waals surface area contributed by atoms with Crippen LogP contribution in [0.15, 0.2) is 0 Å². The molecule has 7 heteroatoms. The van der Waals surface area contributed by atoms with Crippen LogP contribution in [0.25, 0.3) is 0 Å². The van der Waals surface area contributed by atoms with Gasteiger partial charge in [0.1, 0.15) is 17.7 Å². The van der Waals surface area contributed by atoms with Crippen molar-refractivity contribution in [1.29, 1.82) is 0 Å². The molecule has 0 aliphatic heterocycles. The van der Waals surface area contributed by atoms with E-state index in [4.69, 9.17) is 9.47 Å². The first-order chi connectivity index (χ1) is 12.2. The van der Waals surface area contributed by atoms with Crippen LogP contribution in [0.1, 0.15) is 73.6 Å². The van der Waals surface area contributed by atoms with E-state index in [0.29, 0.717) is 12.4 Å². The lowest BCUT2D eigenvalue weighted by Crippen LogP contribution is -2.49. The molecule has 0 aromatic heterocycles. The highest BCUT2D eigenvalue weighted by Gasteiger charge is 2.27. The molecule has 0 fully saturated rings. The fourth-order valence-electron chi connectivity index (χ4n) is 2.13. The Balaban J connectivity index is 4.32. The van der Waals surface area contributed by atoms with Crippen LogP contribution in [-0.2, 0) is 19.1 Å². The standard InChI is InChI=1S/C19H37NO4S2/c1-7-9-10-11-12-13-25-26-14-16(18(22)23-8-2)20-15(3)17(21)24-19(4,5)6/h15-16,20H,7-14H2,1-6H3/t15?,16-/m0/s1. The van der Waals surface area contributed by atoms with Crippen LogP contribution in [0.2, 0.25) is 0 Å². The van der Waals surface area contributed by atoms with Crippen molar-refractivity contribution in [3.8, 4) is 0 Å². The zero-order valence-corrected chi connectivity index (χ0v) is 18.9. The van der Waals surface area contributed by atoms with Gasteiger partial charge in [0.05, 0.1) is 6.61 Å². The number of nitrogens with one attached hydrogen (secondary N) is 1. The Kier molecular flexibility index (Phi) is 14.4. The lowest BCUT2D eigenvalue weighted by atomic mass is 10.2. The number of hydrogen-bond donors (Lipinski definition) is 1. The third-order valence-electron chi connectivity index (χ3n) is 3.43. The van der Waals surface area contributed by atoms with E-state index in [2.05, 4.69) is 12.2 Å². The minimum atomic E-state index is -0.566. The predicted octanol–water partition coefficient (Wildman–Crippen LogP) is 4.59. The fourth-order valence-corrected chi connectivity index (χ4v) is 4.44. The van der Waals surface area contributed by atoms with Gasteiger partial charge in [-0.2, -0.15) is 0 Å². The topological polar surface area (TPSA) is 64.6 Å². The van der Waals surface area contributed by atoms with Gasteiger partial charge in [0.25, 0.3) is 0 Å². The number of rotatable bonds is 14. The largest absolute Gasteiger partial charge is 0.465 e. The maximum absolute atomic E-state index is 12.2. The summed E-state index contributed by atoms with van der Waals surface area (Å²) in [5.41, 5.74) is -0.547. The Bertz CT molecular complexity index is 399. The van der Waals surface area contributed by atoms with E-state index in [9.17, 15) is 9.59 Å². The molecule has 1 N–H and O–H groups in total. The molecule has 0 heterocycles. The summed E-state index contributed by atoms with van der Waals surface area (Å²) in [5.74, 6) is 0.955. The van der Waals surface area contributed by atoms with Gasteiger partial charge in [0, 0.05) is 11.5 Å². The van der Waals surface area contributed by atoms with Crippen LogP contribution >= 0.6 is 21.6 Å². The second-order valence-corrected chi connectivity index (χ2v) is 9.87.